The fraction of sp³-hybridized carbons (Fsp3) is 0.500. The molecule has 1 amide bonds. The first kappa shape index (κ1) is 13.4. The number of likely N-dealkylation sites (tertiary alicyclic amines) is 1. The molecule has 1 aliphatic carbocycles. The van der Waals surface area contributed by atoms with Crippen molar-refractivity contribution in [2.45, 2.75) is 31.5 Å². The highest BCUT2D eigenvalue weighted by Crippen LogP contribution is 2.38. The summed E-state index contributed by atoms with van der Waals surface area (Å²) in [5.74, 6) is 1.93. The van der Waals surface area contributed by atoms with Gasteiger partial charge in [0.15, 0.2) is 0 Å². The normalized spacial score (nSPS) is 27.3. The van der Waals surface area contributed by atoms with Crippen molar-refractivity contribution in [3.05, 3.63) is 48.2 Å². The van der Waals surface area contributed by atoms with Crippen LogP contribution in [-0.4, -0.2) is 46.0 Å². The summed E-state index contributed by atoms with van der Waals surface area (Å²) in [5.41, 5.74) is 0.853. The van der Waals surface area contributed by atoms with Gasteiger partial charge in [0.2, 0.25) is 0 Å². The molecule has 0 radical (unpaired) electrons. The Balaban J connectivity index is 1.43. The lowest BCUT2D eigenvalue weighted by Gasteiger charge is -2.38. The first-order valence-electron chi connectivity index (χ1n) is 8.52. The number of carbonyl (C=O) groups excluding carboxylic acids is 1. The van der Waals surface area contributed by atoms with Gasteiger partial charge in [-0.2, -0.15) is 0 Å². The lowest BCUT2D eigenvalue weighted by molar-refractivity contribution is 0.0565. The maximum absolute atomic E-state index is 12.9. The Morgan fingerprint density at radius 3 is 2.78 bits per heavy atom. The van der Waals surface area contributed by atoms with Crippen LogP contribution in [0, 0.1) is 5.92 Å². The molecule has 120 valence electrons. The minimum atomic E-state index is 0.211. The Labute approximate surface area is 135 Å². The molecule has 2 aromatic rings. The molecule has 5 rings (SSSR count). The molecule has 5 nitrogen and oxygen atoms in total. The summed E-state index contributed by atoms with van der Waals surface area (Å²) in [6.07, 6.45) is 6.35. The summed E-state index contributed by atoms with van der Waals surface area (Å²) in [6, 6.07) is 8.58. The molecule has 2 fully saturated rings. The van der Waals surface area contributed by atoms with Gasteiger partial charge in [-0.15, -0.1) is 0 Å². The largest absolute Gasteiger partial charge is 0.468 e. The van der Waals surface area contributed by atoms with Gasteiger partial charge in [-0.3, -0.25) is 9.69 Å². The molecule has 1 saturated heterocycles. The van der Waals surface area contributed by atoms with Crippen LogP contribution in [0.15, 0.2) is 41.1 Å². The number of hydrogen-bond donors (Lipinski definition) is 0. The Morgan fingerprint density at radius 2 is 2.00 bits per heavy atom. The number of rotatable bonds is 4. The average Bonchev–Trinajstić information content (AvgIpc) is 2.99. The fourth-order valence-corrected chi connectivity index (χ4v) is 4.14. The second kappa shape index (κ2) is 4.99. The maximum atomic E-state index is 12.9. The first-order chi connectivity index (χ1) is 11.3. The second-order valence-corrected chi connectivity index (χ2v) is 7.11. The lowest BCUT2D eigenvalue weighted by Crippen LogP contribution is -2.51. The summed E-state index contributed by atoms with van der Waals surface area (Å²) in [5, 5.41) is 0. The van der Waals surface area contributed by atoms with Gasteiger partial charge >= 0.3 is 0 Å². The molecule has 1 saturated carbocycles. The van der Waals surface area contributed by atoms with Crippen LogP contribution in [0.5, 0.6) is 0 Å². The van der Waals surface area contributed by atoms with Crippen LogP contribution in [0.3, 0.4) is 0 Å². The maximum Gasteiger partial charge on any atom is 0.270 e. The number of amides is 1. The van der Waals surface area contributed by atoms with E-state index in [-0.39, 0.29) is 11.9 Å². The number of hydrogen-bond acceptors (Lipinski definition) is 3. The van der Waals surface area contributed by atoms with E-state index in [1.54, 1.807) is 6.26 Å². The third-order valence-corrected chi connectivity index (χ3v) is 5.46. The summed E-state index contributed by atoms with van der Waals surface area (Å²) < 4.78 is 7.69. The smallest absolute Gasteiger partial charge is 0.270 e. The molecule has 0 bridgehead atoms. The first-order valence-corrected chi connectivity index (χ1v) is 8.52. The van der Waals surface area contributed by atoms with E-state index in [1.165, 1.54) is 12.8 Å². The molecule has 3 aliphatic rings. The van der Waals surface area contributed by atoms with E-state index in [0.29, 0.717) is 6.04 Å². The van der Waals surface area contributed by atoms with E-state index in [0.717, 1.165) is 43.6 Å². The molecule has 0 spiro atoms. The minimum Gasteiger partial charge on any atom is -0.468 e. The van der Waals surface area contributed by atoms with E-state index < -0.39 is 0 Å². The molecular formula is C18H21N3O2. The van der Waals surface area contributed by atoms with Crippen LogP contribution >= 0.6 is 0 Å². The molecular weight excluding hydrogens is 290 g/mol. The third-order valence-electron chi connectivity index (χ3n) is 5.46. The molecule has 2 aliphatic heterocycles. The van der Waals surface area contributed by atoms with Crippen molar-refractivity contribution < 1.29 is 9.21 Å². The molecule has 4 heterocycles. The van der Waals surface area contributed by atoms with Crippen LogP contribution in [0.2, 0.25) is 0 Å². The van der Waals surface area contributed by atoms with E-state index in [9.17, 15) is 4.79 Å². The Kier molecular flexibility index (Phi) is 2.92. The summed E-state index contributed by atoms with van der Waals surface area (Å²) in [7, 11) is 0. The number of aromatic nitrogens is 1. The Bertz CT molecular complexity index is 716. The van der Waals surface area contributed by atoms with Gasteiger partial charge in [0.1, 0.15) is 11.5 Å². The van der Waals surface area contributed by atoms with Gasteiger partial charge in [-0.1, -0.05) is 0 Å². The van der Waals surface area contributed by atoms with Crippen molar-refractivity contribution in [3.63, 3.8) is 0 Å². The summed E-state index contributed by atoms with van der Waals surface area (Å²) >= 11 is 0. The second-order valence-electron chi connectivity index (χ2n) is 7.11. The van der Waals surface area contributed by atoms with Crippen LogP contribution in [-0.2, 0) is 6.54 Å². The molecule has 23 heavy (non-hydrogen) atoms. The SMILES string of the molecule is O=C1c2cccn2C2CN(Cc3ccco3)CC2N1CC1CC1. The third kappa shape index (κ3) is 2.22. The topological polar surface area (TPSA) is 41.6 Å². The van der Waals surface area contributed by atoms with Crippen LogP contribution in [0.1, 0.15) is 35.1 Å². The van der Waals surface area contributed by atoms with E-state index >= 15 is 0 Å². The molecule has 2 unspecified atom stereocenters. The molecule has 0 aromatic carbocycles. The molecule has 2 aromatic heterocycles. The standard InChI is InChI=1S/C18H21N3O2/c22-18-15-4-1-7-20(15)16-11-19(10-14-3-2-8-23-14)12-17(16)21(18)9-13-5-6-13/h1-4,7-8,13,16-17H,5-6,9-12H2. The van der Waals surface area contributed by atoms with E-state index in [2.05, 4.69) is 20.6 Å². The number of furan rings is 1. The fourth-order valence-electron chi connectivity index (χ4n) is 4.14. The summed E-state index contributed by atoms with van der Waals surface area (Å²) in [6.45, 7) is 3.66. The Morgan fingerprint density at radius 1 is 1.13 bits per heavy atom. The highest BCUT2D eigenvalue weighted by molar-refractivity contribution is 5.94. The number of nitrogens with zero attached hydrogens (tertiary/aromatic N) is 3. The highest BCUT2D eigenvalue weighted by Gasteiger charge is 2.46. The van der Waals surface area contributed by atoms with Gasteiger partial charge in [0.05, 0.1) is 24.9 Å². The average molecular weight is 311 g/mol. The monoisotopic (exact) mass is 311 g/mol. The van der Waals surface area contributed by atoms with Crippen molar-refractivity contribution in [2.75, 3.05) is 19.6 Å². The van der Waals surface area contributed by atoms with Crippen molar-refractivity contribution >= 4 is 5.91 Å². The number of carbonyl (C=O) groups is 1. The predicted molar refractivity (Wildman–Crippen MR) is 85.0 cm³/mol. The molecule has 2 atom stereocenters. The van der Waals surface area contributed by atoms with Gasteiger partial charge in [-0.25, -0.2) is 0 Å². The van der Waals surface area contributed by atoms with Gasteiger partial charge < -0.3 is 13.9 Å². The predicted octanol–water partition coefficient (Wildman–Crippen LogP) is 2.37. The van der Waals surface area contributed by atoms with Crippen molar-refractivity contribution in [1.82, 2.24) is 14.4 Å². The van der Waals surface area contributed by atoms with E-state index in [4.69, 9.17) is 4.42 Å². The van der Waals surface area contributed by atoms with Crippen molar-refractivity contribution in [1.29, 1.82) is 0 Å². The van der Waals surface area contributed by atoms with Gasteiger partial charge in [-0.05, 0) is 43.0 Å². The summed E-state index contributed by atoms with van der Waals surface area (Å²) in [4.78, 5) is 17.4. The van der Waals surface area contributed by atoms with Gasteiger partial charge in [0.25, 0.3) is 5.91 Å². The van der Waals surface area contributed by atoms with Crippen molar-refractivity contribution in [2.24, 2.45) is 5.92 Å². The zero-order chi connectivity index (χ0) is 15.4. The number of fused-ring (bicyclic) bond motifs is 3. The zero-order valence-electron chi connectivity index (χ0n) is 13.1. The van der Waals surface area contributed by atoms with Gasteiger partial charge in [0, 0.05) is 25.8 Å². The van der Waals surface area contributed by atoms with E-state index in [1.807, 2.05) is 24.3 Å². The van der Waals surface area contributed by atoms with Crippen molar-refractivity contribution in [3.8, 4) is 0 Å². The van der Waals surface area contributed by atoms with Crippen LogP contribution in [0.25, 0.3) is 0 Å². The Hall–Kier alpha value is -2.01. The molecule has 0 N–H and O–H groups in total. The zero-order valence-corrected chi connectivity index (χ0v) is 13.1. The van der Waals surface area contributed by atoms with Crippen LogP contribution in [0.4, 0.5) is 0 Å². The quantitative estimate of drug-likeness (QED) is 0.870. The minimum absolute atomic E-state index is 0.211. The van der Waals surface area contributed by atoms with Crippen LogP contribution < -0.4 is 0 Å². The lowest BCUT2D eigenvalue weighted by atomic mass is 10.1. The molecule has 5 heteroatoms. The highest BCUT2D eigenvalue weighted by atomic mass is 16.3.